The number of aryl methyl sites for hydroxylation is 1. The van der Waals surface area contributed by atoms with E-state index in [1.807, 2.05) is 0 Å². The molecule has 0 fully saturated rings. The monoisotopic (exact) mass is 318 g/mol. The van der Waals surface area contributed by atoms with Crippen LogP contribution in [0.15, 0.2) is 24.3 Å². The third-order valence-electron chi connectivity index (χ3n) is 2.22. The number of ether oxygens (including phenoxy) is 1. The van der Waals surface area contributed by atoms with Crippen molar-refractivity contribution in [1.29, 1.82) is 0 Å². The van der Waals surface area contributed by atoms with Crippen LogP contribution in [-0.4, -0.2) is 11.0 Å². The topological polar surface area (TPSA) is 9.23 Å². The van der Waals surface area contributed by atoms with Crippen molar-refractivity contribution in [2.24, 2.45) is 5.92 Å². The van der Waals surface area contributed by atoms with Crippen LogP contribution in [0.25, 0.3) is 0 Å². The standard InChI is InChI=1S/C13H19IO/c1-10(2)9-15-13(8-14)12-6-4-11(3)5-7-12/h4-7,10,13H,8-9H2,1-3H3. The predicted molar refractivity (Wildman–Crippen MR) is 73.6 cm³/mol. The van der Waals surface area contributed by atoms with Crippen molar-refractivity contribution in [2.75, 3.05) is 11.0 Å². The first-order valence-corrected chi connectivity index (χ1v) is 6.90. The maximum Gasteiger partial charge on any atom is 0.0914 e. The molecule has 0 bridgehead atoms. The Bertz CT molecular complexity index is 279. The highest BCUT2D eigenvalue weighted by molar-refractivity contribution is 14.1. The largest absolute Gasteiger partial charge is 0.372 e. The molecule has 84 valence electrons. The van der Waals surface area contributed by atoms with Crippen molar-refractivity contribution in [3.05, 3.63) is 35.4 Å². The minimum absolute atomic E-state index is 0.244. The molecule has 0 N–H and O–H groups in total. The molecule has 1 nitrogen and oxygen atoms in total. The zero-order valence-electron chi connectivity index (χ0n) is 9.66. The van der Waals surface area contributed by atoms with Gasteiger partial charge < -0.3 is 4.74 Å². The Morgan fingerprint density at radius 3 is 2.27 bits per heavy atom. The fourth-order valence-corrected chi connectivity index (χ4v) is 2.08. The van der Waals surface area contributed by atoms with Crippen LogP contribution in [0.3, 0.4) is 0 Å². The molecule has 1 aromatic carbocycles. The van der Waals surface area contributed by atoms with E-state index in [-0.39, 0.29) is 6.10 Å². The number of alkyl halides is 1. The van der Waals surface area contributed by atoms with Crippen LogP contribution in [0.1, 0.15) is 31.1 Å². The summed E-state index contributed by atoms with van der Waals surface area (Å²) < 4.78 is 6.88. The molecule has 15 heavy (non-hydrogen) atoms. The van der Waals surface area contributed by atoms with Crippen molar-refractivity contribution in [3.8, 4) is 0 Å². The molecule has 0 aromatic heterocycles. The van der Waals surface area contributed by atoms with Crippen LogP contribution < -0.4 is 0 Å². The van der Waals surface area contributed by atoms with E-state index in [1.165, 1.54) is 11.1 Å². The first-order valence-electron chi connectivity index (χ1n) is 5.37. The van der Waals surface area contributed by atoms with E-state index in [0.29, 0.717) is 5.92 Å². The van der Waals surface area contributed by atoms with Gasteiger partial charge in [0.25, 0.3) is 0 Å². The van der Waals surface area contributed by atoms with Gasteiger partial charge in [0, 0.05) is 11.0 Å². The summed E-state index contributed by atoms with van der Waals surface area (Å²) in [6.07, 6.45) is 0.244. The molecule has 1 unspecified atom stereocenters. The third kappa shape index (κ3) is 4.51. The van der Waals surface area contributed by atoms with Gasteiger partial charge in [-0.25, -0.2) is 0 Å². The second-order valence-corrected chi connectivity index (χ2v) is 5.16. The van der Waals surface area contributed by atoms with E-state index in [4.69, 9.17) is 4.74 Å². The van der Waals surface area contributed by atoms with Crippen LogP contribution in [0.5, 0.6) is 0 Å². The number of hydrogen-bond donors (Lipinski definition) is 0. The summed E-state index contributed by atoms with van der Waals surface area (Å²) in [5.74, 6) is 0.598. The molecule has 0 aliphatic heterocycles. The van der Waals surface area contributed by atoms with Crippen molar-refractivity contribution in [1.82, 2.24) is 0 Å². The van der Waals surface area contributed by atoms with E-state index in [0.717, 1.165) is 11.0 Å². The molecular weight excluding hydrogens is 299 g/mol. The Morgan fingerprint density at radius 2 is 1.80 bits per heavy atom. The molecule has 0 amide bonds. The van der Waals surface area contributed by atoms with Crippen LogP contribution in [-0.2, 0) is 4.74 Å². The number of benzene rings is 1. The van der Waals surface area contributed by atoms with Gasteiger partial charge in [-0.1, -0.05) is 66.3 Å². The van der Waals surface area contributed by atoms with Gasteiger partial charge in [0.15, 0.2) is 0 Å². The Balaban J connectivity index is 2.61. The summed E-state index contributed by atoms with van der Waals surface area (Å²) in [6.45, 7) is 7.30. The first kappa shape index (κ1) is 13.0. The maximum atomic E-state index is 5.87. The van der Waals surface area contributed by atoms with Gasteiger partial charge in [0.1, 0.15) is 0 Å². The molecule has 0 radical (unpaired) electrons. The van der Waals surface area contributed by atoms with Crippen molar-refractivity contribution >= 4 is 22.6 Å². The van der Waals surface area contributed by atoms with Gasteiger partial charge in [-0.15, -0.1) is 0 Å². The summed E-state index contributed by atoms with van der Waals surface area (Å²) in [5, 5.41) is 0. The molecule has 0 saturated carbocycles. The minimum atomic E-state index is 0.244. The van der Waals surface area contributed by atoms with E-state index in [1.54, 1.807) is 0 Å². The third-order valence-corrected chi connectivity index (χ3v) is 3.02. The van der Waals surface area contributed by atoms with Gasteiger partial charge in [-0.2, -0.15) is 0 Å². The smallest absolute Gasteiger partial charge is 0.0914 e. The zero-order valence-corrected chi connectivity index (χ0v) is 11.8. The summed E-state index contributed by atoms with van der Waals surface area (Å²) >= 11 is 2.38. The Hall–Kier alpha value is -0.0900. The summed E-state index contributed by atoms with van der Waals surface area (Å²) in [5.41, 5.74) is 2.59. The molecular formula is C13H19IO. The van der Waals surface area contributed by atoms with E-state index < -0.39 is 0 Å². The molecule has 0 aliphatic rings. The lowest BCUT2D eigenvalue weighted by Gasteiger charge is -2.17. The molecule has 0 heterocycles. The molecule has 1 aromatic rings. The predicted octanol–water partition coefficient (Wildman–Crippen LogP) is 4.14. The Morgan fingerprint density at radius 1 is 1.20 bits per heavy atom. The summed E-state index contributed by atoms with van der Waals surface area (Å²) in [6, 6.07) is 8.62. The minimum Gasteiger partial charge on any atom is -0.372 e. The molecule has 1 rings (SSSR count). The highest BCUT2D eigenvalue weighted by atomic mass is 127. The molecule has 0 saturated heterocycles. The normalized spacial score (nSPS) is 13.1. The molecule has 0 spiro atoms. The molecule has 2 heteroatoms. The van der Waals surface area contributed by atoms with Crippen LogP contribution in [0.4, 0.5) is 0 Å². The zero-order chi connectivity index (χ0) is 11.3. The fourth-order valence-electron chi connectivity index (χ4n) is 1.32. The lowest BCUT2D eigenvalue weighted by molar-refractivity contribution is 0.0518. The first-order chi connectivity index (χ1) is 7.13. The number of hydrogen-bond acceptors (Lipinski definition) is 1. The quantitative estimate of drug-likeness (QED) is 0.585. The fraction of sp³-hybridized carbons (Fsp3) is 0.538. The Labute approximate surface area is 106 Å². The summed E-state index contributed by atoms with van der Waals surface area (Å²) in [4.78, 5) is 0. The van der Waals surface area contributed by atoms with Gasteiger partial charge in [0.2, 0.25) is 0 Å². The lowest BCUT2D eigenvalue weighted by Crippen LogP contribution is -2.10. The number of rotatable bonds is 5. The Kier molecular flexibility index (Phi) is 5.61. The van der Waals surface area contributed by atoms with Crippen LogP contribution >= 0.6 is 22.6 Å². The van der Waals surface area contributed by atoms with E-state index in [9.17, 15) is 0 Å². The SMILES string of the molecule is Cc1ccc(C(CI)OCC(C)C)cc1. The van der Waals surface area contributed by atoms with Gasteiger partial charge in [0.05, 0.1) is 6.10 Å². The van der Waals surface area contributed by atoms with E-state index >= 15 is 0 Å². The highest BCUT2D eigenvalue weighted by Gasteiger charge is 2.10. The summed E-state index contributed by atoms with van der Waals surface area (Å²) in [7, 11) is 0. The molecule has 0 aliphatic carbocycles. The van der Waals surface area contributed by atoms with Crippen LogP contribution in [0, 0.1) is 12.8 Å². The second kappa shape index (κ2) is 6.48. The second-order valence-electron chi connectivity index (χ2n) is 4.28. The van der Waals surface area contributed by atoms with Crippen molar-refractivity contribution in [3.63, 3.8) is 0 Å². The lowest BCUT2D eigenvalue weighted by atomic mass is 10.1. The number of halogens is 1. The van der Waals surface area contributed by atoms with Crippen molar-refractivity contribution in [2.45, 2.75) is 26.9 Å². The highest BCUT2D eigenvalue weighted by Crippen LogP contribution is 2.21. The van der Waals surface area contributed by atoms with Gasteiger partial charge in [-0.05, 0) is 18.4 Å². The average Bonchev–Trinajstić information content (AvgIpc) is 2.21. The van der Waals surface area contributed by atoms with E-state index in [2.05, 4.69) is 67.6 Å². The van der Waals surface area contributed by atoms with Gasteiger partial charge in [-0.3, -0.25) is 0 Å². The van der Waals surface area contributed by atoms with Crippen LogP contribution in [0.2, 0.25) is 0 Å². The average molecular weight is 318 g/mol. The molecule has 1 atom stereocenters. The van der Waals surface area contributed by atoms with Gasteiger partial charge >= 0.3 is 0 Å². The van der Waals surface area contributed by atoms with Crippen molar-refractivity contribution < 1.29 is 4.74 Å². The maximum absolute atomic E-state index is 5.87.